The fraction of sp³-hybridized carbons (Fsp3) is 0.636. The van der Waals surface area contributed by atoms with Crippen molar-refractivity contribution in [2.75, 3.05) is 6.61 Å². The molecule has 0 aromatic carbocycles. The van der Waals surface area contributed by atoms with Crippen LogP contribution in [0, 0.1) is 0 Å². The average Bonchev–Trinajstić information content (AvgIpc) is 2.64. The third kappa shape index (κ3) is 2.09. The summed E-state index contributed by atoms with van der Waals surface area (Å²) in [4.78, 5) is 11.4. The fourth-order valence-corrected chi connectivity index (χ4v) is 2.12. The summed E-state index contributed by atoms with van der Waals surface area (Å²) in [6.45, 7) is 2.39. The van der Waals surface area contributed by atoms with Gasteiger partial charge in [-0.3, -0.25) is 9.48 Å². The lowest BCUT2D eigenvalue weighted by Crippen LogP contribution is -2.21. The maximum absolute atomic E-state index is 11.4. The first-order valence-electron chi connectivity index (χ1n) is 5.68. The van der Waals surface area contributed by atoms with Crippen molar-refractivity contribution in [3.05, 3.63) is 17.5 Å². The number of carbonyl (C=O) groups excluding carboxylic acids is 1. The van der Waals surface area contributed by atoms with Gasteiger partial charge in [-0.25, -0.2) is 0 Å². The number of nitrogens with zero attached hydrogens (tertiary/aromatic N) is 2. The van der Waals surface area contributed by atoms with Gasteiger partial charge in [-0.2, -0.15) is 5.10 Å². The Labute approximate surface area is 94.6 Å². The van der Waals surface area contributed by atoms with Crippen LogP contribution in [0.3, 0.4) is 0 Å². The molecule has 2 N–H and O–H groups in total. The molecule has 2 rings (SSSR count). The SMILES string of the molecule is CCOC(=O)Cn1ncc2c1CCC[C@@H]2N. The van der Waals surface area contributed by atoms with Crippen molar-refractivity contribution in [1.29, 1.82) is 0 Å². The van der Waals surface area contributed by atoms with Gasteiger partial charge in [0, 0.05) is 17.3 Å². The topological polar surface area (TPSA) is 70.1 Å². The van der Waals surface area contributed by atoms with Crippen molar-refractivity contribution >= 4 is 5.97 Å². The highest BCUT2D eigenvalue weighted by molar-refractivity contribution is 5.69. The molecule has 16 heavy (non-hydrogen) atoms. The maximum Gasteiger partial charge on any atom is 0.327 e. The van der Waals surface area contributed by atoms with E-state index in [1.807, 2.05) is 0 Å². The Morgan fingerprint density at radius 2 is 2.56 bits per heavy atom. The molecule has 88 valence electrons. The molecule has 1 heterocycles. The lowest BCUT2D eigenvalue weighted by Gasteiger charge is -2.19. The monoisotopic (exact) mass is 223 g/mol. The normalized spacial score (nSPS) is 19.2. The maximum atomic E-state index is 11.4. The van der Waals surface area contributed by atoms with Crippen molar-refractivity contribution in [3.63, 3.8) is 0 Å². The Morgan fingerprint density at radius 3 is 3.31 bits per heavy atom. The zero-order chi connectivity index (χ0) is 11.5. The van der Waals surface area contributed by atoms with Crippen LogP contribution >= 0.6 is 0 Å². The van der Waals surface area contributed by atoms with Crippen LogP contribution in [0.15, 0.2) is 6.20 Å². The molecule has 5 nitrogen and oxygen atoms in total. The molecule has 0 fully saturated rings. The Hall–Kier alpha value is -1.36. The molecule has 0 spiro atoms. The summed E-state index contributed by atoms with van der Waals surface area (Å²) in [5.41, 5.74) is 8.15. The molecule has 1 aromatic heterocycles. The molecule has 5 heteroatoms. The Balaban J connectivity index is 2.14. The number of nitrogens with two attached hydrogens (primary N) is 1. The van der Waals surface area contributed by atoms with E-state index < -0.39 is 0 Å². The van der Waals surface area contributed by atoms with Gasteiger partial charge in [0.05, 0.1) is 12.8 Å². The van der Waals surface area contributed by atoms with Gasteiger partial charge in [0.2, 0.25) is 0 Å². The van der Waals surface area contributed by atoms with Gasteiger partial charge in [0.1, 0.15) is 6.54 Å². The van der Waals surface area contributed by atoms with Gasteiger partial charge in [-0.15, -0.1) is 0 Å². The van der Waals surface area contributed by atoms with Crippen LogP contribution in [0.1, 0.15) is 37.1 Å². The third-order valence-electron chi connectivity index (χ3n) is 2.89. The van der Waals surface area contributed by atoms with Gasteiger partial charge in [-0.05, 0) is 26.2 Å². The summed E-state index contributed by atoms with van der Waals surface area (Å²) < 4.78 is 6.62. The van der Waals surface area contributed by atoms with Crippen LogP contribution < -0.4 is 5.73 Å². The van der Waals surface area contributed by atoms with Gasteiger partial charge < -0.3 is 10.5 Å². The molecule has 0 aliphatic heterocycles. The smallest absolute Gasteiger partial charge is 0.327 e. The summed E-state index contributed by atoms with van der Waals surface area (Å²) >= 11 is 0. The van der Waals surface area contributed by atoms with Crippen LogP contribution in [0.25, 0.3) is 0 Å². The highest BCUT2D eigenvalue weighted by atomic mass is 16.5. The molecule has 1 aliphatic carbocycles. The van der Waals surface area contributed by atoms with E-state index in [9.17, 15) is 4.79 Å². The van der Waals surface area contributed by atoms with Crippen molar-refractivity contribution in [1.82, 2.24) is 9.78 Å². The standard InChI is InChI=1S/C11H17N3O2/c1-2-16-11(15)7-14-10-5-3-4-9(12)8(10)6-13-14/h6,9H,2-5,7,12H2,1H3/t9-/m0/s1. The summed E-state index contributed by atoms with van der Waals surface area (Å²) in [5.74, 6) is -0.243. The largest absolute Gasteiger partial charge is 0.465 e. The molecular weight excluding hydrogens is 206 g/mol. The van der Waals surface area contributed by atoms with Gasteiger partial charge in [0.25, 0.3) is 0 Å². The zero-order valence-electron chi connectivity index (χ0n) is 9.48. The molecule has 0 saturated heterocycles. The number of carbonyl (C=O) groups is 1. The molecule has 0 amide bonds. The Kier molecular flexibility index (Phi) is 3.24. The zero-order valence-corrected chi connectivity index (χ0v) is 9.48. The van der Waals surface area contributed by atoms with Crippen LogP contribution in [-0.2, 0) is 22.5 Å². The minimum atomic E-state index is -0.243. The molecule has 0 saturated carbocycles. The van der Waals surface area contributed by atoms with E-state index in [0.717, 1.165) is 30.5 Å². The van der Waals surface area contributed by atoms with E-state index in [4.69, 9.17) is 10.5 Å². The molecule has 1 aliphatic rings. The highest BCUT2D eigenvalue weighted by Gasteiger charge is 2.22. The summed E-state index contributed by atoms with van der Waals surface area (Å²) in [6.07, 6.45) is 4.78. The van der Waals surface area contributed by atoms with Crippen LogP contribution in [0.4, 0.5) is 0 Å². The predicted octanol–water partition coefficient (Wildman–Crippen LogP) is 0.782. The number of ether oxygens (including phenoxy) is 1. The van der Waals surface area contributed by atoms with Gasteiger partial charge in [0.15, 0.2) is 0 Å². The molecule has 1 atom stereocenters. The number of aromatic nitrogens is 2. The lowest BCUT2D eigenvalue weighted by molar-refractivity contribution is -0.144. The third-order valence-corrected chi connectivity index (χ3v) is 2.89. The summed E-state index contributed by atoms with van der Waals surface area (Å²) in [6, 6.07) is 0.0692. The molecule has 0 unspecified atom stereocenters. The first-order chi connectivity index (χ1) is 7.72. The van der Waals surface area contributed by atoms with E-state index >= 15 is 0 Å². The number of fused-ring (bicyclic) bond motifs is 1. The lowest BCUT2D eigenvalue weighted by atomic mass is 9.94. The number of rotatable bonds is 3. The van der Waals surface area contributed by atoms with E-state index in [1.54, 1.807) is 17.8 Å². The number of hydrogen-bond acceptors (Lipinski definition) is 4. The number of hydrogen-bond donors (Lipinski definition) is 1. The quantitative estimate of drug-likeness (QED) is 0.769. The van der Waals surface area contributed by atoms with Crippen molar-refractivity contribution in [2.45, 2.75) is 38.8 Å². The first kappa shape index (κ1) is 11.1. The minimum Gasteiger partial charge on any atom is -0.465 e. The minimum absolute atomic E-state index is 0.0692. The van der Waals surface area contributed by atoms with Crippen LogP contribution in [-0.4, -0.2) is 22.4 Å². The predicted molar refractivity (Wildman–Crippen MR) is 58.7 cm³/mol. The van der Waals surface area contributed by atoms with E-state index in [0.29, 0.717) is 6.61 Å². The van der Waals surface area contributed by atoms with Gasteiger partial charge in [-0.1, -0.05) is 0 Å². The molecule has 0 bridgehead atoms. The van der Waals surface area contributed by atoms with Crippen molar-refractivity contribution < 1.29 is 9.53 Å². The van der Waals surface area contributed by atoms with E-state index in [1.165, 1.54) is 0 Å². The average molecular weight is 223 g/mol. The first-order valence-corrected chi connectivity index (χ1v) is 5.68. The molecule has 0 radical (unpaired) electrons. The second-order valence-electron chi connectivity index (χ2n) is 4.01. The number of esters is 1. The molecular formula is C11H17N3O2. The summed E-state index contributed by atoms with van der Waals surface area (Å²) in [5, 5.41) is 4.21. The van der Waals surface area contributed by atoms with Crippen molar-refractivity contribution in [3.8, 4) is 0 Å². The van der Waals surface area contributed by atoms with Crippen LogP contribution in [0.5, 0.6) is 0 Å². The second kappa shape index (κ2) is 4.65. The Morgan fingerprint density at radius 1 is 1.75 bits per heavy atom. The van der Waals surface area contributed by atoms with Gasteiger partial charge >= 0.3 is 5.97 Å². The second-order valence-corrected chi connectivity index (χ2v) is 4.01. The van der Waals surface area contributed by atoms with E-state index in [2.05, 4.69) is 5.10 Å². The van der Waals surface area contributed by atoms with Crippen molar-refractivity contribution in [2.24, 2.45) is 5.73 Å². The summed E-state index contributed by atoms with van der Waals surface area (Å²) in [7, 11) is 0. The fourth-order valence-electron chi connectivity index (χ4n) is 2.12. The molecule has 1 aromatic rings. The Bertz CT molecular complexity index is 387. The highest BCUT2D eigenvalue weighted by Crippen LogP contribution is 2.27. The van der Waals surface area contributed by atoms with Crippen LogP contribution in [0.2, 0.25) is 0 Å². The van der Waals surface area contributed by atoms with E-state index in [-0.39, 0.29) is 18.6 Å².